The number of carbonyl (C=O) groups is 1. The van der Waals surface area contributed by atoms with Crippen LogP contribution in [-0.2, 0) is 0 Å². The number of rotatable bonds is 7. The first-order valence-corrected chi connectivity index (χ1v) is 10.2. The monoisotopic (exact) mass is 453 g/mol. The molecule has 1 aromatic carbocycles. The second kappa shape index (κ2) is 9.31. The average Bonchev–Trinajstić information content (AvgIpc) is 3.12. The molecule has 0 fully saturated rings. The molecule has 1 amide bonds. The number of benzene rings is 1. The van der Waals surface area contributed by atoms with Crippen molar-refractivity contribution in [2.24, 2.45) is 0 Å². The van der Waals surface area contributed by atoms with Crippen LogP contribution in [-0.4, -0.2) is 55.0 Å². The maximum Gasteiger partial charge on any atom is 0.275 e. The molecule has 0 bridgehead atoms. The Hall–Kier alpha value is -3.53. The van der Waals surface area contributed by atoms with E-state index >= 15 is 0 Å². The zero-order valence-electron chi connectivity index (χ0n) is 17.1. The van der Waals surface area contributed by atoms with E-state index in [1.165, 1.54) is 6.07 Å². The van der Waals surface area contributed by atoms with Gasteiger partial charge in [-0.15, -0.1) is 0 Å². The number of aryl methyl sites for hydroxylation is 1. The fourth-order valence-corrected chi connectivity index (χ4v) is 3.26. The molecule has 0 aliphatic carbocycles. The van der Waals surface area contributed by atoms with Crippen molar-refractivity contribution in [1.82, 2.24) is 19.6 Å². The minimum absolute atomic E-state index is 0.109. The number of hydrogen-bond acceptors (Lipinski definition) is 7. The van der Waals surface area contributed by atoms with Crippen LogP contribution < -0.4 is 10.1 Å². The van der Waals surface area contributed by atoms with Gasteiger partial charge in [-0.25, -0.2) is 9.97 Å². The van der Waals surface area contributed by atoms with Gasteiger partial charge in [0.2, 0.25) is 5.88 Å². The molecule has 0 aliphatic heterocycles. The molecule has 3 heterocycles. The molecule has 0 aliphatic rings. The first-order valence-electron chi connectivity index (χ1n) is 9.77. The van der Waals surface area contributed by atoms with Gasteiger partial charge in [0.25, 0.3) is 5.91 Å². The van der Waals surface area contributed by atoms with Crippen molar-refractivity contribution in [3.05, 3.63) is 71.0 Å². The number of amides is 1. The van der Waals surface area contributed by atoms with Gasteiger partial charge in [0.15, 0.2) is 11.5 Å². The number of aliphatic hydroxyl groups is 2. The smallest absolute Gasteiger partial charge is 0.275 e. The summed E-state index contributed by atoms with van der Waals surface area (Å²) in [5.41, 5.74) is 2.65. The first kappa shape index (κ1) is 21.7. The number of imidazole rings is 1. The molecule has 3 aromatic heterocycles. The maximum absolute atomic E-state index is 12.9. The molecule has 9 nitrogen and oxygen atoms in total. The largest absolute Gasteiger partial charge is 0.475 e. The molecular weight excluding hydrogens is 434 g/mol. The molecule has 10 heteroatoms. The average molecular weight is 454 g/mol. The van der Waals surface area contributed by atoms with Gasteiger partial charge in [0.1, 0.15) is 18.4 Å². The summed E-state index contributed by atoms with van der Waals surface area (Å²) in [6.45, 7) is 1.19. The third-order valence-electron chi connectivity index (χ3n) is 4.62. The highest BCUT2D eigenvalue weighted by atomic mass is 35.5. The van der Waals surface area contributed by atoms with Crippen molar-refractivity contribution >= 4 is 29.0 Å². The van der Waals surface area contributed by atoms with Gasteiger partial charge in [-0.1, -0.05) is 35.9 Å². The van der Waals surface area contributed by atoms with Crippen LogP contribution in [0.1, 0.15) is 16.2 Å². The van der Waals surface area contributed by atoms with Crippen LogP contribution in [0.5, 0.6) is 5.88 Å². The van der Waals surface area contributed by atoms with Crippen LogP contribution >= 0.6 is 11.6 Å². The van der Waals surface area contributed by atoms with Crippen LogP contribution in [0.2, 0.25) is 5.02 Å². The summed E-state index contributed by atoms with van der Waals surface area (Å²) >= 11 is 6.30. The standard InChI is InChI=1S/C22H20ClN5O4/c1-13-21(26-22(31)18-7-4-8-20(25-18)32-12-14(30)11-29)28-19(24-13)10-9-17(27-28)15-5-2-3-6-16(15)23/h2-10,14,29-30H,11-12H2,1H3,(H,26,31). The Morgan fingerprint density at radius 1 is 1.16 bits per heavy atom. The Kier molecular flexibility index (Phi) is 6.31. The number of halogens is 1. The van der Waals surface area contributed by atoms with Gasteiger partial charge in [-0.05, 0) is 31.2 Å². The molecule has 32 heavy (non-hydrogen) atoms. The minimum Gasteiger partial charge on any atom is -0.475 e. The van der Waals surface area contributed by atoms with Crippen LogP contribution in [0.15, 0.2) is 54.6 Å². The summed E-state index contributed by atoms with van der Waals surface area (Å²) in [7, 11) is 0. The van der Waals surface area contributed by atoms with Crippen molar-refractivity contribution in [2.45, 2.75) is 13.0 Å². The lowest BCUT2D eigenvalue weighted by atomic mass is 10.1. The van der Waals surface area contributed by atoms with E-state index in [1.54, 1.807) is 35.7 Å². The number of hydrogen-bond donors (Lipinski definition) is 3. The molecule has 0 spiro atoms. The number of aromatic nitrogens is 4. The van der Waals surface area contributed by atoms with Crippen LogP contribution in [0.25, 0.3) is 16.9 Å². The molecule has 3 N–H and O–H groups in total. The Balaban J connectivity index is 1.61. The Morgan fingerprint density at radius 2 is 1.97 bits per heavy atom. The minimum atomic E-state index is -1.03. The summed E-state index contributed by atoms with van der Waals surface area (Å²) in [5, 5.41) is 26.3. The Labute approximate surface area is 188 Å². The lowest BCUT2D eigenvalue weighted by Gasteiger charge is -2.10. The van der Waals surface area contributed by atoms with Crippen molar-refractivity contribution < 1.29 is 19.7 Å². The van der Waals surface area contributed by atoms with Crippen molar-refractivity contribution in [3.63, 3.8) is 0 Å². The SMILES string of the molecule is Cc1nc2ccc(-c3ccccc3Cl)nn2c1NC(=O)c1cccc(OCC(O)CO)n1. The van der Waals surface area contributed by atoms with E-state index in [9.17, 15) is 9.90 Å². The number of carbonyl (C=O) groups excluding carboxylic acids is 1. The second-order valence-corrected chi connectivity index (χ2v) is 7.38. The summed E-state index contributed by atoms with van der Waals surface area (Å²) in [6, 6.07) is 15.7. The summed E-state index contributed by atoms with van der Waals surface area (Å²) in [6.07, 6.45) is -1.03. The summed E-state index contributed by atoms with van der Waals surface area (Å²) in [5.74, 6) is 0.0786. The number of nitrogens with one attached hydrogen (secondary N) is 1. The molecular formula is C22H20ClN5O4. The highest BCUT2D eigenvalue weighted by Gasteiger charge is 2.17. The van der Waals surface area contributed by atoms with Crippen LogP contribution in [0.4, 0.5) is 5.82 Å². The molecule has 1 unspecified atom stereocenters. The molecule has 1 atom stereocenters. The van der Waals surface area contributed by atoms with E-state index in [1.807, 2.05) is 24.3 Å². The van der Waals surface area contributed by atoms with Gasteiger partial charge in [-0.2, -0.15) is 9.61 Å². The van der Waals surface area contributed by atoms with Crippen molar-refractivity contribution in [3.8, 4) is 17.1 Å². The number of fused-ring (bicyclic) bond motifs is 1. The number of ether oxygens (including phenoxy) is 1. The Bertz CT molecular complexity index is 1280. The van der Waals surface area contributed by atoms with E-state index in [4.69, 9.17) is 21.4 Å². The van der Waals surface area contributed by atoms with Crippen LogP contribution in [0, 0.1) is 6.92 Å². The van der Waals surface area contributed by atoms with E-state index < -0.39 is 18.6 Å². The normalized spacial score (nSPS) is 12.0. The lowest BCUT2D eigenvalue weighted by molar-refractivity contribution is 0.0520. The third-order valence-corrected chi connectivity index (χ3v) is 4.95. The summed E-state index contributed by atoms with van der Waals surface area (Å²) in [4.78, 5) is 21.5. The molecule has 164 valence electrons. The molecule has 0 radical (unpaired) electrons. The molecule has 4 rings (SSSR count). The van der Waals surface area contributed by atoms with E-state index in [-0.39, 0.29) is 18.2 Å². The number of anilines is 1. The van der Waals surface area contributed by atoms with Gasteiger partial charge < -0.3 is 20.3 Å². The molecule has 0 saturated heterocycles. The zero-order chi connectivity index (χ0) is 22.7. The maximum atomic E-state index is 12.9. The topological polar surface area (TPSA) is 122 Å². The fraction of sp³-hybridized carbons (Fsp3) is 0.182. The van der Waals surface area contributed by atoms with Gasteiger partial charge in [0, 0.05) is 11.6 Å². The lowest BCUT2D eigenvalue weighted by Crippen LogP contribution is -2.22. The fourth-order valence-electron chi connectivity index (χ4n) is 3.03. The van der Waals surface area contributed by atoms with E-state index in [0.29, 0.717) is 27.9 Å². The quantitative estimate of drug-likeness (QED) is 0.393. The number of aliphatic hydroxyl groups excluding tert-OH is 2. The second-order valence-electron chi connectivity index (χ2n) is 6.98. The Morgan fingerprint density at radius 3 is 2.75 bits per heavy atom. The predicted molar refractivity (Wildman–Crippen MR) is 119 cm³/mol. The summed E-state index contributed by atoms with van der Waals surface area (Å²) < 4.78 is 6.86. The third kappa shape index (κ3) is 4.54. The zero-order valence-corrected chi connectivity index (χ0v) is 17.8. The van der Waals surface area contributed by atoms with E-state index in [2.05, 4.69) is 20.4 Å². The molecule has 0 saturated carbocycles. The highest BCUT2D eigenvalue weighted by Crippen LogP contribution is 2.27. The van der Waals surface area contributed by atoms with Crippen molar-refractivity contribution in [1.29, 1.82) is 0 Å². The highest BCUT2D eigenvalue weighted by molar-refractivity contribution is 6.33. The number of pyridine rings is 1. The molecule has 4 aromatic rings. The first-order chi connectivity index (χ1) is 15.5. The van der Waals surface area contributed by atoms with Crippen molar-refractivity contribution in [2.75, 3.05) is 18.5 Å². The van der Waals surface area contributed by atoms with Crippen LogP contribution in [0.3, 0.4) is 0 Å². The van der Waals surface area contributed by atoms with Gasteiger partial charge in [0.05, 0.1) is 23.0 Å². The van der Waals surface area contributed by atoms with Gasteiger partial charge >= 0.3 is 0 Å². The number of nitrogens with zero attached hydrogens (tertiary/aromatic N) is 4. The van der Waals surface area contributed by atoms with Gasteiger partial charge in [-0.3, -0.25) is 4.79 Å². The predicted octanol–water partition coefficient (Wildman–Crippen LogP) is 2.74. The van der Waals surface area contributed by atoms with E-state index in [0.717, 1.165) is 5.56 Å².